The summed E-state index contributed by atoms with van der Waals surface area (Å²) in [5, 5.41) is 14.9. The zero-order valence-corrected chi connectivity index (χ0v) is 13.0. The van der Waals surface area contributed by atoms with Crippen LogP contribution < -0.4 is 10.6 Å². The number of aromatic nitrogens is 4. The highest BCUT2D eigenvalue weighted by Gasteiger charge is 2.35. The summed E-state index contributed by atoms with van der Waals surface area (Å²) < 4.78 is 0. The number of aromatic amines is 1. The van der Waals surface area contributed by atoms with Crippen molar-refractivity contribution < 1.29 is 0 Å². The number of H-pyrrole nitrogens is 1. The summed E-state index contributed by atoms with van der Waals surface area (Å²) in [6, 6.07) is 0.449. The zero-order valence-electron chi connectivity index (χ0n) is 13.0. The van der Waals surface area contributed by atoms with Gasteiger partial charge in [0.25, 0.3) is 0 Å². The van der Waals surface area contributed by atoms with Gasteiger partial charge < -0.3 is 10.6 Å². The van der Waals surface area contributed by atoms with Crippen molar-refractivity contribution in [2.75, 3.05) is 17.2 Å². The lowest BCUT2D eigenvalue weighted by Crippen LogP contribution is -2.31. The average Bonchev–Trinajstić information content (AvgIpc) is 3.03. The van der Waals surface area contributed by atoms with Crippen LogP contribution in [0.25, 0.3) is 11.0 Å². The average molecular weight is 288 g/mol. The van der Waals surface area contributed by atoms with Gasteiger partial charge in [-0.1, -0.05) is 27.2 Å². The summed E-state index contributed by atoms with van der Waals surface area (Å²) in [4.78, 5) is 9.11. The SMILES string of the molecule is CCCNc1nc(NC2CCCC2(C)C)c2cn[nH]c2n1. The highest BCUT2D eigenvalue weighted by molar-refractivity contribution is 5.87. The van der Waals surface area contributed by atoms with Crippen LogP contribution in [0.15, 0.2) is 6.20 Å². The summed E-state index contributed by atoms with van der Waals surface area (Å²) >= 11 is 0. The van der Waals surface area contributed by atoms with Gasteiger partial charge >= 0.3 is 0 Å². The van der Waals surface area contributed by atoms with E-state index in [4.69, 9.17) is 0 Å². The number of hydrogen-bond acceptors (Lipinski definition) is 5. The van der Waals surface area contributed by atoms with E-state index in [1.165, 1.54) is 19.3 Å². The molecule has 3 rings (SSSR count). The Morgan fingerprint density at radius 1 is 1.38 bits per heavy atom. The predicted octanol–water partition coefficient (Wildman–Crippen LogP) is 3.17. The van der Waals surface area contributed by atoms with E-state index in [1.54, 1.807) is 6.20 Å². The largest absolute Gasteiger partial charge is 0.366 e. The van der Waals surface area contributed by atoms with Crippen molar-refractivity contribution in [2.24, 2.45) is 5.41 Å². The van der Waals surface area contributed by atoms with Crippen LogP contribution in [0.5, 0.6) is 0 Å². The Labute approximate surface area is 125 Å². The molecule has 1 aliphatic rings. The van der Waals surface area contributed by atoms with Crippen LogP contribution in [0.1, 0.15) is 46.5 Å². The molecule has 1 fully saturated rings. The molecule has 0 saturated heterocycles. The van der Waals surface area contributed by atoms with Crippen LogP contribution in [0, 0.1) is 5.41 Å². The minimum atomic E-state index is 0.304. The van der Waals surface area contributed by atoms with Crippen molar-refractivity contribution in [3.8, 4) is 0 Å². The fraction of sp³-hybridized carbons (Fsp3) is 0.667. The van der Waals surface area contributed by atoms with E-state index in [9.17, 15) is 0 Å². The fourth-order valence-corrected chi connectivity index (χ4v) is 3.02. The van der Waals surface area contributed by atoms with Gasteiger partial charge in [-0.05, 0) is 24.7 Å². The topological polar surface area (TPSA) is 78.5 Å². The highest BCUT2D eigenvalue weighted by atomic mass is 15.2. The zero-order chi connectivity index (χ0) is 14.9. The van der Waals surface area contributed by atoms with E-state index >= 15 is 0 Å². The maximum atomic E-state index is 4.65. The number of rotatable bonds is 5. The molecule has 1 saturated carbocycles. The quantitative estimate of drug-likeness (QED) is 0.787. The van der Waals surface area contributed by atoms with Crippen LogP contribution in [-0.4, -0.2) is 32.8 Å². The molecule has 1 aliphatic carbocycles. The monoisotopic (exact) mass is 288 g/mol. The first-order valence-corrected chi connectivity index (χ1v) is 7.81. The molecule has 1 atom stereocenters. The van der Waals surface area contributed by atoms with Gasteiger partial charge in [-0.3, -0.25) is 5.10 Å². The second kappa shape index (κ2) is 5.50. The molecule has 3 N–H and O–H groups in total. The summed E-state index contributed by atoms with van der Waals surface area (Å²) in [5.41, 5.74) is 1.08. The Bertz CT molecular complexity index is 618. The smallest absolute Gasteiger partial charge is 0.226 e. The fourth-order valence-electron chi connectivity index (χ4n) is 3.02. The maximum Gasteiger partial charge on any atom is 0.226 e. The summed E-state index contributed by atoms with van der Waals surface area (Å²) in [5.74, 6) is 1.54. The third-order valence-electron chi connectivity index (χ3n) is 4.41. The first kappa shape index (κ1) is 14.1. The normalized spacial score (nSPS) is 20.8. The van der Waals surface area contributed by atoms with E-state index in [-0.39, 0.29) is 0 Å². The molecule has 1 unspecified atom stereocenters. The maximum absolute atomic E-state index is 4.65. The van der Waals surface area contributed by atoms with Crippen LogP contribution >= 0.6 is 0 Å². The van der Waals surface area contributed by atoms with Crippen molar-refractivity contribution in [1.29, 1.82) is 0 Å². The Kier molecular flexibility index (Phi) is 3.69. The third kappa shape index (κ3) is 2.80. The molecule has 0 aliphatic heterocycles. The van der Waals surface area contributed by atoms with Gasteiger partial charge in [0.15, 0.2) is 5.65 Å². The summed E-state index contributed by atoms with van der Waals surface area (Å²) in [6.45, 7) is 7.64. The minimum absolute atomic E-state index is 0.304. The van der Waals surface area contributed by atoms with E-state index in [0.29, 0.717) is 17.4 Å². The molecule has 2 heterocycles. The summed E-state index contributed by atoms with van der Waals surface area (Å²) in [7, 11) is 0. The van der Waals surface area contributed by atoms with Gasteiger partial charge in [-0.2, -0.15) is 15.1 Å². The Morgan fingerprint density at radius 2 is 2.24 bits per heavy atom. The molecule has 0 spiro atoms. The number of fused-ring (bicyclic) bond motifs is 1. The van der Waals surface area contributed by atoms with Gasteiger partial charge in [0.1, 0.15) is 5.82 Å². The standard InChI is InChI=1S/C15H24N6/c1-4-8-16-14-19-12(10-9-17-21-13(10)20-14)18-11-6-5-7-15(11,2)3/h9,11H,4-8H2,1-3H3,(H3,16,17,18,19,20,21). The molecule has 6 heteroatoms. The highest BCUT2D eigenvalue weighted by Crippen LogP contribution is 2.39. The lowest BCUT2D eigenvalue weighted by Gasteiger charge is -2.28. The second-order valence-corrected chi connectivity index (χ2v) is 6.53. The van der Waals surface area contributed by atoms with E-state index in [2.05, 4.69) is 51.6 Å². The van der Waals surface area contributed by atoms with Gasteiger partial charge in [0, 0.05) is 12.6 Å². The van der Waals surface area contributed by atoms with Gasteiger partial charge in [0.05, 0.1) is 11.6 Å². The molecule has 0 amide bonds. The molecular formula is C15H24N6. The van der Waals surface area contributed by atoms with Crippen molar-refractivity contribution in [3.05, 3.63) is 6.20 Å². The molecule has 0 bridgehead atoms. The minimum Gasteiger partial charge on any atom is -0.366 e. The van der Waals surface area contributed by atoms with Crippen molar-refractivity contribution >= 4 is 22.8 Å². The van der Waals surface area contributed by atoms with Crippen LogP contribution in [0.3, 0.4) is 0 Å². The number of hydrogen-bond donors (Lipinski definition) is 3. The Hall–Kier alpha value is -1.85. The van der Waals surface area contributed by atoms with Gasteiger partial charge in [-0.15, -0.1) is 0 Å². The Balaban J connectivity index is 1.90. The lowest BCUT2D eigenvalue weighted by molar-refractivity contribution is 0.349. The molecule has 21 heavy (non-hydrogen) atoms. The van der Waals surface area contributed by atoms with Crippen molar-refractivity contribution in [2.45, 2.75) is 52.5 Å². The lowest BCUT2D eigenvalue weighted by atomic mass is 9.87. The molecular weight excluding hydrogens is 264 g/mol. The first-order chi connectivity index (χ1) is 10.1. The third-order valence-corrected chi connectivity index (χ3v) is 4.41. The molecule has 114 valence electrons. The van der Waals surface area contributed by atoms with Gasteiger partial charge in [-0.25, -0.2) is 0 Å². The predicted molar refractivity (Wildman–Crippen MR) is 85.5 cm³/mol. The van der Waals surface area contributed by atoms with Gasteiger partial charge in [0.2, 0.25) is 5.95 Å². The molecule has 6 nitrogen and oxygen atoms in total. The van der Waals surface area contributed by atoms with E-state index in [1.807, 2.05) is 0 Å². The van der Waals surface area contributed by atoms with Crippen molar-refractivity contribution in [3.63, 3.8) is 0 Å². The van der Waals surface area contributed by atoms with Crippen LogP contribution in [0.2, 0.25) is 0 Å². The number of nitrogens with zero attached hydrogens (tertiary/aromatic N) is 3. The number of anilines is 2. The van der Waals surface area contributed by atoms with Crippen LogP contribution in [0.4, 0.5) is 11.8 Å². The molecule has 2 aromatic rings. The van der Waals surface area contributed by atoms with E-state index < -0.39 is 0 Å². The molecule has 0 radical (unpaired) electrons. The molecule has 2 aromatic heterocycles. The van der Waals surface area contributed by atoms with E-state index in [0.717, 1.165) is 29.8 Å². The Morgan fingerprint density at radius 3 is 2.95 bits per heavy atom. The second-order valence-electron chi connectivity index (χ2n) is 6.53. The van der Waals surface area contributed by atoms with Crippen LogP contribution in [-0.2, 0) is 0 Å². The summed E-state index contributed by atoms with van der Waals surface area (Å²) in [6.07, 6.45) is 6.55. The molecule has 0 aromatic carbocycles. The van der Waals surface area contributed by atoms with Crippen molar-refractivity contribution in [1.82, 2.24) is 20.2 Å². The first-order valence-electron chi connectivity index (χ1n) is 7.81. The number of nitrogens with one attached hydrogen (secondary N) is 3.